The molecule has 3 rings (SSSR count). The van der Waals surface area contributed by atoms with Crippen LogP contribution in [-0.4, -0.2) is 64.1 Å². The van der Waals surface area contributed by atoms with Gasteiger partial charge in [0.05, 0.1) is 41.1 Å². The zero-order valence-electron chi connectivity index (χ0n) is 19.7. The first-order valence-corrected chi connectivity index (χ1v) is 12.7. The topological polar surface area (TPSA) is 112 Å². The summed E-state index contributed by atoms with van der Waals surface area (Å²) in [6.07, 6.45) is -0.877. The van der Waals surface area contributed by atoms with Crippen LogP contribution in [0.15, 0.2) is 47.4 Å². The maximum atomic E-state index is 13.2. The summed E-state index contributed by atoms with van der Waals surface area (Å²) in [6, 6.07) is 13.4. The number of sulfonamides is 1. The van der Waals surface area contributed by atoms with Crippen molar-refractivity contribution in [2.24, 2.45) is 0 Å². The third-order valence-electron chi connectivity index (χ3n) is 5.58. The van der Waals surface area contributed by atoms with Crippen molar-refractivity contribution < 1.29 is 22.7 Å². The van der Waals surface area contributed by atoms with Crippen molar-refractivity contribution in [3.8, 4) is 11.8 Å². The Morgan fingerprint density at radius 2 is 1.91 bits per heavy atom. The number of benzene rings is 2. The first kappa shape index (κ1) is 25.5. The van der Waals surface area contributed by atoms with Gasteiger partial charge in [0.15, 0.2) is 6.10 Å². The van der Waals surface area contributed by atoms with Crippen molar-refractivity contribution in [3.05, 3.63) is 48.0 Å². The molecule has 0 aromatic heterocycles. The monoisotopic (exact) mass is 486 g/mol. The van der Waals surface area contributed by atoms with Crippen LogP contribution in [0.5, 0.6) is 5.75 Å². The Morgan fingerprint density at radius 1 is 1.21 bits per heavy atom. The van der Waals surface area contributed by atoms with Crippen LogP contribution in [-0.2, 0) is 19.6 Å². The quantitative estimate of drug-likeness (QED) is 0.580. The lowest BCUT2D eigenvalue weighted by atomic mass is 10.2. The zero-order valence-corrected chi connectivity index (χ0v) is 20.5. The molecule has 2 aromatic rings. The average Bonchev–Trinajstić information content (AvgIpc) is 2.86. The van der Waals surface area contributed by atoms with Gasteiger partial charge in [-0.1, -0.05) is 6.07 Å². The van der Waals surface area contributed by atoms with Crippen molar-refractivity contribution in [2.75, 3.05) is 49.6 Å². The normalized spacial score (nSPS) is 15.2. The predicted molar refractivity (Wildman–Crippen MR) is 129 cm³/mol. The Kier molecular flexibility index (Phi) is 8.50. The molecule has 1 unspecified atom stereocenters. The molecular weight excluding hydrogens is 456 g/mol. The van der Waals surface area contributed by atoms with Gasteiger partial charge in [-0.25, -0.2) is 8.42 Å². The zero-order chi connectivity index (χ0) is 24.7. The summed E-state index contributed by atoms with van der Waals surface area (Å²) in [4.78, 5) is 15.1. The van der Waals surface area contributed by atoms with E-state index >= 15 is 0 Å². The molecule has 2 aromatic carbocycles. The smallest absolute Gasteiger partial charge is 0.265 e. The predicted octanol–water partition coefficient (Wildman–Crippen LogP) is 2.83. The van der Waals surface area contributed by atoms with Crippen molar-refractivity contribution in [1.82, 2.24) is 4.31 Å². The van der Waals surface area contributed by atoms with Crippen molar-refractivity contribution >= 4 is 27.3 Å². The number of nitriles is 1. The summed E-state index contributed by atoms with van der Waals surface area (Å²) in [5, 5.41) is 11.9. The van der Waals surface area contributed by atoms with E-state index in [4.69, 9.17) is 14.7 Å². The van der Waals surface area contributed by atoms with E-state index in [2.05, 4.69) is 5.32 Å². The van der Waals surface area contributed by atoms with Gasteiger partial charge in [-0.05, 0) is 57.2 Å². The van der Waals surface area contributed by atoms with Gasteiger partial charge in [0.25, 0.3) is 5.91 Å². The third-order valence-corrected chi connectivity index (χ3v) is 7.48. The number of anilines is 2. The standard InChI is InChI=1S/C24H30N4O5S/c1-4-27(5-2)23-10-9-21(34(30,31)28-11-13-32-14-12-28)16-22(23)26-24(29)18(3)33-20-8-6-7-19(15-20)17-25/h6-10,15-16,18H,4-5,11-14H2,1-3H3,(H,26,29). The molecule has 1 amide bonds. The molecule has 1 fully saturated rings. The maximum Gasteiger partial charge on any atom is 0.265 e. The molecule has 182 valence electrons. The molecule has 0 aliphatic carbocycles. The molecule has 1 aliphatic heterocycles. The summed E-state index contributed by atoms with van der Waals surface area (Å²) < 4.78 is 38.7. The second-order valence-corrected chi connectivity index (χ2v) is 9.69. The molecule has 0 radical (unpaired) electrons. The molecular formula is C24H30N4O5S. The largest absolute Gasteiger partial charge is 0.481 e. The summed E-state index contributed by atoms with van der Waals surface area (Å²) in [5.74, 6) is -0.0361. The minimum Gasteiger partial charge on any atom is -0.481 e. The third kappa shape index (κ3) is 5.86. The summed E-state index contributed by atoms with van der Waals surface area (Å²) >= 11 is 0. The molecule has 1 aliphatic rings. The van der Waals surface area contributed by atoms with Gasteiger partial charge in [-0.15, -0.1) is 0 Å². The van der Waals surface area contributed by atoms with Gasteiger partial charge in [0, 0.05) is 26.2 Å². The number of rotatable bonds is 9. The number of carbonyl (C=O) groups is 1. The number of nitrogens with one attached hydrogen (secondary N) is 1. The van der Waals surface area contributed by atoms with Crippen LogP contribution in [0.1, 0.15) is 26.3 Å². The Hall–Kier alpha value is -3.13. The number of hydrogen-bond acceptors (Lipinski definition) is 7. The van der Waals surface area contributed by atoms with Crippen LogP contribution < -0.4 is 15.0 Å². The fourth-order valence-electron chi connectivity index (χ4n) is 3.68. The number of nitrogens with zero attached hydrogens (tertiary/aromatic N) is 3. The Morgan fingerprint density at radius 3 is 2.56 bits per heavy atom. The minimum absolute atomic E-state index is 0.107. The van der Waals surface area contributed by atoms with E-state index in [9.17, 15) is 13.2 Å². The molecule has 1 saturated heterocycles. The van der Waals surface area contributed by atoms with Crippen molar-refractivity contribution in [2.45, 2.75) is 31.8 Å². The number of ether oxygens (including phenoxy) is 2. The van der Waals surface area contributed by atoms with Gasteiger partial charge in [0.2, 0.25) is 10.0 Å². The first-order chi connectivity index (χ1) is 16.3. The SMILES string of the molecule is CCN(CC)c1ccc(S(=O)(=O)N2CCOCC2)cc1NC(=O)C(C)Oc1cccc(C#N)c1. The lowest BCUT2D eigenvalue weighted by molar-refractivity contribution is -0.122. The maximum absolute atomic E-state index is 13.2. The molecule has 10 heteroatoms. The molecule has 0 bridgehead atoms. The lowest BCUT2D eigenvalue weighted by Crippen LogP contribution is -2.40. The molecule has 1 heterocycles. The van der Waals surface area contributed by atoms with Crippen LogP contribution in [0, 0.1) is 11.3 Å². The summed E-state index contributed by atoms with van der Waals surface area (Å²) in [6.45, 7) is 8.21. The van der Waals surface area contributed by atoms with E-state index in [0.29, 0.717) is 43.3 Å². The van der Waals surface area contributed by atoms with Crippen LogP contribution in [0.4, 0.5) is 11.4 Å². The second-order valence-electron chi connectivity index (χ2n) is 7.76. The molecule has 1 N–H and O–H groups in total. The van der Waals surface area contributed by atoms with Crippen molar-refractivity contribution in [1.29, 1.82) is 5.26 Å². The number of amides is 1. The van der Waals surface area contributed by atoms with Crippen LogP contribution >= 0.6 is 0 Å². The molecule has 34 heavy (non-hydrogen) atoms. The fraction of sp³-hybridized carbons (Fsp3) is 0.417. The first-order valence-electron chi connectivity index (χ1n) is 11.2. The Labute approximate surface area is 200 Å². The summed E-state index contributed by atoms with van der Waals surface area (Å²) in [7, 11) is -3.73. The molecule has 0 saturated carbocycles. The molecule has 9 nitrogen and oxygen atoms in total. The van der Waals surface area contributed by atoms with Gasteiger partial charge < -0.3 is 19.7 Å². The van der Waals surface area contributed by atoms with Gasteiger partial charge in [-0.2, -0.15) is 9.57 Å². The molecule has 0 spiro atoms. The lowest BCUT2D eigenvalue weighted by Gasteiger charge is -2.28. The van der Waals surface area contributed by atoms with Crippen LogP contribution in [0.2, 0.25) is 0 Å². The molecule has 1 atom stereocenters. The highest BCUT2D eigenvalue weighted by atomic mass is 32.2. The van der Waals surface area contributed by atoms with E-state index < -0.39 is 22.0 Å². The van der Waals surface area contributed by atoms with Crippen molar-refractivity contribution in [3.63, 3.8) is 0 Å². The highest BCUT2D eigenvalue weighted by molar-refractivity contribution is 7.89. The average molecular weight is 487 g/mol. The minimum atomic E-state index is -3.73. The van der Waals surface area contributed by atoms with Gasteiger partial charge in [-0.3, -0.25) is 4.79 Å². The highest BCUT2D eigenvalue weighted by Gasteiger charge is 2.28. The van der Waals surface area contributed by atoms with Gasteiger partial charge in [0.1, 0.15) is 5.75 Å². The summed E-state index contributed by atoms with van der Waals surface area (Å²) in [5.41, 5.74) is 1.54. The van der Waals surface area contributed by atoms with E-state index in [1.54, 1.807) is 43.3 Å². The van der Waals surface area contributed by atoms with E-state index in [-0.39, 0.29) is 18.0 Å². The van der Waals surface area contributed by atoms with E-state index in [1.807, 2.05) is 24.8 Å². The number of morpholine rings is 1. The number of carbonyl (C=O) groups excluding carboxylic acids is 1. The Balaban J connectivity index is 1.88. The number of hydrogen-bond donors (Lipinski definition) is 1. The fourth-order valence-corrected chi connectivity index (χ4v) is 5.12. The van der Waals surface area contributed by atoms with Crippen LogP contribution in [0.3, 0.4) is 0 Å². The highest BCUT2D eigenvalue weighted by Crippen LogP contribution is 2.31. The van der Waals surface area contributed by atoms with E-state index in [0.717, 1.165) is 5.69 Å². The Bertz CT molecular complexity index is 1150. The van der Waals surface area contributed by atoms with Gasteiger partial charge >= 0.3 is 0 Å². The second kappa shape index (κ2) is 11.3. The van der Waals surface area contributed by atoms with Crippen LogP contribution in [0.25, 0.3) is 0 Å². The van der Waals surface area contributed by atoms with E-state index in [1.165, 1.54) is 10.4 Å².